The molecule has 0 spiro atoms. The Hall–Kier alpha value is -1.64. The second-order valence-corrected chi connectivity index (χ2v) is 4.48. The summed E-state index contributed by atoms with van der Waals surface area (Å²) in [7, 11) is 0. The molecule has 1 heterocycles. The van der Waals surface area contributed by atoms with E-state index in [0.717, 1.165) is 0 Å². The molecule has 0 aliphatic heterocycles. The van der Waals surface area contributed by atoms with Crippen molar-refractivity contribution < 1.29 is 9.52 Å². The number of carbonyl (C=O) groups is 1. The van der Waals surface area contributed by atoms with Crippen LogP contribution < -0.4 is 4.73 Å². The molecule has 0 saturated heterocycles. The van der Waals surface area contributed by atoms with E-state index in [4.69, 9.17) is 0 Å². The number of rotatable bonds is 2. The van der Waals surface area contributed by atoms with Crippen molar-refractivity contribution in [3.8, 4) is 0 Å². The number of ketones is 1. The fourth-order valence-corrected chi connectivity index (χ4v) is 1.03. The van der Waals surface area contributed by atoms with Crippen LogP contribution in [0.5, 0.6) is 0 Å². The topological polar surface area (TPSA) is 44.0 Å². The average Bonchev–Trinajstić information content (AvgIpc) is 2.14. The Morgan fingerprint density at radius 2 is 2.07 bits per heavy atom. The summed E-state index contributed by atoms with van der Waals surface area (Å²) in [6, 6.07) is 4.78. The molecule has 0 amide bonds. The Morgan fingerprint density at radius 3 is 2.60 bits per heavy atom. The van der Waals surface area contributed by atoms with Gasteiger partial charge in [-0.3, -0.25) is 4.79 Å². The highest BCUT2D eigenvalue weighted by molar-refractivity contribution is 6.01. The molecule has 0 radical (unpaired) electrons. The maximum absolute atomic E-state index is 11.6. The highest BCUT2D eigenvalue weighted by atomic mass is 16.5. The summed E-state index contributed by atoms with van der Waals surface area (Å²) in [6.45, 7) is 5.98. The molecule has 0 bridgehead atoms. The summed E-state index contributed by atoms with van der Waals surface area (Å²) in [4.78, 5) is 11.6. The number of nitrogens with zero attached hydrogens (tertiary/aromatic N) is 1. The minimum absolute atomic E-state index is 0.0574. The van der Waals surface area contributed by atoms with E-state index in [1.807, 2.05) is 20.8 Å². The first-order chi connectivity index (χ1) is 6.90. The smallest absolute Gasteiger partial charge is 0.264 e. The summed E-state index contributed by atoms with van der Waals surface area (Å²) in [5.41, 5.74) is 0.0935. The van der Waals surface area contributed by atoms with E-state index in [-0.39, 0.29) is 16.9 Å². The van der Waals surface area contributed by atoms with Gasteiger partial charge in [-0.2, -0.15) is 4.73 Å². The lowest BCUT2D eigenvalue weighted by Crippen LogP contribution is -2.33. The number of allylic oxidation sites excluding steroid dienone is 2. The van der Waals surface area contributed by atoms with Gasteiger partial charge in [0.15, 0.2) is 6.20 Å². The van der Waals surface area contributed by atoms with Gasteiger partial charge in [-0.25, -0.2) is 0 Å². The quantitative estimate of drug-likeness (QED) is 0.321. The molecule has 0 atom stereocenters. The molecule has 0 N–H and O–H groups in total. The second kappa shape index (κ2) is 4.26. The first-order valence-electron chi connectivity index (χ1n) is 4.82. The highest BCUT2D eigenvalue weighted by Crippen LogP contribution is 2.14. The summed E-state index contributed by atoms with van der Waals surface area (Å²) >= 11 is 0. The molecule has 1 aromatic heterocycles. The van der Waals surface area contributed by atoms with Crippen molar-refractivity contribution in [1.82, 2.24) is 0 Å². The number of aromatic nitrogens is 1. The monoisotopic (exact) mass is 205 g/mol. The average molecular weight is 205 g/mol. The summed E-state index contributed by atoms with van der Waals surface area (Å²) < 4.78 is 0.579. The van der Waals surface area contributed by atoms with Crippen molar-refractivity contribution in [3.63, 3.8) is 0 Å². The van der Waals surface area contributed by atoms with Gasteiger partial charge in [0.2, 0.25) is 0 Å². The first-order valence-corrected chi connectivity index (χ1v) is 4.82. The SMILES string of the molecule is CC(C)(C)/C=C/C(=O)c1cccc[n+]1[O-]. The van der Waals surface area contributed by atoms with Crippen molar-refractivity contribution in [3.05, 3.63) is 47.4 Å². The Bertz CT molecular complexity index is 389. The molecule has 1 aromatic rings. The van der Waals surface area contributed by atoms with Gasteiger partial charge in [0.1, 0.15) is 0 Å². The number of pyridine rings is 1. The summed E-state index contributed by atoms with van der Waals surface area (Å²) in [5.74, 6) is -0.263. The van der Waals surface area contributed by atoms with E-state index >= 15 is 0 Å². The molecular formula is C12H15NO2. The predicted octanol–water partition coefficient (Wildman–Crippen LogP) is 2.10. The van der Waals surface area contributed by atoms with E-state index in [2.05, 4.69) is 0 Å². The van der Waals surface area contributed by atoms with E-state index in [9.17, 15) is 10.0 Å². The lowest BCUT2D eigenvalue weighted by molar-refractivity contribution is -0.607. The third kappa shape index (κ3) is 3.54. The van der Waals surface area contributed by atoms with Crippen molar-refractivity contribution in [1.29, 1.82) is 0 Å². The molecular weight excluding hydrogens is 190 g/mol. The number of hydrogen-bond acceptors (Lipinski definition) is 2. The van der Waals surface area contributed by atoms with Gasteiger partial charge in [0, 0.05) is 12.1 Å². The minimum atomic E-state index is -0.263. The van der Waals surface area contributed by atoms with E-state index in [0.29, 0.717) is 4.73 Å². The molecule has 15 heavy (non-hydrogen) atoms. The van der Waals surface area contributed by atoms with Gasteiger partial charge in [-0.05, 0) is 17.6 Å². The molecule has 0 aliphatic rings. The van der Waals surface area contributed by atoms with Crippen molar-refractivity contribution in [2.75, 3.05) is 0 Å². The fraction of sp³-hybridized carbons (Fsp3) is 0.333. The predicted molar refractivity (Wildman–Crippen MR) is 58.3 cm³/mol. The largest absolute Gasteiger partial charge is 0.618 e. The minimum Gasteiger partial charge on any atom is -0.618 e. The molecule has 80 valence electrons. The lowest BCUT2D eigenvalue weighted by Gasteiger charge is -2.10. The van der Waals surface area contributed by atoms with Crippen LogP contribution in [0.15, 0.2) is 36.5 Å². The third-order valence-corrected chi connectivity index (χ3v) is 1.81. The van der Waals surface area contributed by atoms with E-state index in [1.165, 1.54) is 18.3 Å². The molecule has 0 fully saturated rings. The molecule has 0 unspecified atom stereocenters. The van der Waals surface area contributed by atoms with Crippen LogP contribution in [-0.4, -0.2) is 5.78 Å². The first kappa shape index (κ1) is 11.4. The lowest BCUT2D eigenvalue weighted by atomic mass is 9.95. The van der Waals surface area contributed by atoms with Crippen molar-refractivity contribution in [2.24, 2.45) is 5.41 Å². The zero-order valence-corrected chi connectivity index (χ0v) is 9.23. The molecule has 1 rings (SSSR count). The Labute approximate surface area is 89.6 Å². The molecule has 0 saturated carbocycles. The Balaban J connectivity index is 2.88. The van der Waals surface area contributed by atoms with Gasteiger partial charge in [-0.15, -0.1) is 0 Å². The standard InChI is InChI=1S/C12H15NO2/c1-12(2,3)8-7-11(14)10-6-4-5-9-13(10)15/h4-9H,1-3H3/b8-7+. The highest BCUT2D eigenvalue weighted by Gasteiger charge is 2.13. The molecule has 3 heteroatoms. The van der Waals surface area contributed by atoms with Crippen LogP contribution in [0.3, 0.4) is 0 Å². The van der Waals surface area contributed by atoms with Crippen LogP contribution in [0.1, 0.15) is 31.3 Å². The Morgan fingerprint density at radius 1 is 1.40 bits per heavy atom. The van der Waals surface area contributed by atoms with Crippen LogP contribution in [0.4, 0.5) is 0 Å². The van der Waals surface area contributed by atoms with Crippen LogP contribution in [0.2, 0.25) is 0 Å². The summed E-state index contributed by atoms with van der Waals surface area (Å²) in [6.07, 6.45) is 4.56. The van der Waals surface area contributed by atoms with Crippen LogP contribution in [-0.2, 0) is 0 Å². The molecule has 0 aromatic carbocycles. The fourth-order valence-electron chi connectivity index (χ4n) is 1.03. The van der Waals surface area contributed by atoms with Crippen molar-refractivity contribution >= 4 is 5.78 Å². The van der Waals surface area contributed by atoms with Gasteiger partial charge in [0.25, 0.3) is 11.5 Å². The van der Waals surface area contributed by atoms with Crippen LogP contribution >= 0.6 is 0 Å². The van der Waals surface area contributed by atoms with Gasteiger partial charge < -0.3 is 5.21 Å². The Kier molecular flexibility index (Phi) is 3.24. The summed E-state index contributed by atoms with van der Waals surface area (Å²) in [5, 5.41) is 11.2. The third-order valence-electron chi connectivity index (χ3n) is 1.81. The van der Waals surface area contributed by atoms with Gasteiger partial charge in [-0.1, -0.05) is 26.8 Å². The van der Waals surface area contributed by atoms with E-state index < -0.39 is 0 Å². The van der Waals surface area contributed by atoms with Gasteiger partial charge in [0.05, 0.1) is 0 Å². The van der Waals surface area contributed by atoms with E-state index in [1.54, 1.807) is 18.2 Å². The maximum atomic E-state index is 11.6. The number of carbonyl (C=O) groups excluding carboxylic acids is 1. The van der Waals surface area contributed by atoms with Crippen LogP contribution in [0, 0.1) is 10.6 Å². The zero-order valence-electron chi connectivity index (χ0n) is 9.23. The van der Waals surface area contributed by atoms with Gasteiger partial charge >= 0.3 is 0 Å². The maximum Gasteiger partial charge on any atom is 0.264 e. The van der Waals surface area contributed by atoms with Crippen molar-refractivity contribution in [2.45, 2.75) is 20.8 Å². The number of hydrogen-bond donors (Lipinski definition) is 0. The zero-order chi connectivity index (χ0) is 11.5. The normalized spacial score (nSPS) is 11.9. The molecule has 0 aliphatic carbocycles. The second-order valence-electron chi connectivity index (χ2n) is 4.48. The van der Waals surface area contributed by atoms with Crippen LogP contribution in [0.25, 0.3) is 0 Å². The molecule has 3 nitrogen and oxygen atoms in total.